The monoisotopic (exact) mass is 289 g/mol. The predicted molar refractivity (Wildman–Crippen MR) is 70.4 cm³/mol. The summed E-state index contributed by atoms with van der Waals surface area (Å²) in [6, 6.07) is 5.89. The zero-order valence-corrected chi connectivity index (χ0v) is 11.0. The minimum atomic E-state index is -3.74. The molecule has 5 nitrogen and oxygen atoms in total. The lowest BCUT2D eigenvalue weighted by Crippen LogP contribution is -2.36. The maximum absolute atomic E-state index is 11.9. The van der Waals surface area contributed by atoms with Gasteiger partial charge in [0.05, 0.1) is 11.4 Å². The summed E-state index contributed by atoms with van der Waals surface area (Å²) in [7, 11) is -3.74. The number of aliphatic carboxylic acids is 1. The van der Waals surface area contributed by atoms with E-state index in [1.54, 1.807) is 0 Å². The maximum atomic E-state index is 11.9. The molecule has 0 heterocycles. The Morgan fingerprint density at radius 3 is 2.39 bits per heavy atom. The highest BCUT2D eigenvalue weighted by Gasteiger charge is 2.23. The molecule has 18 heavy (non-hydrogen) atoms. The summed E-state index contributed by atoms with van der Waals surface area (Å²) >= 11 is 5.70. The number of hydrogen-bond donors (Lipinski definition) is 1. The second-order valence-corrected chi connectivity index (χ2v) is 5.82. The number of benzene rings is 1. The molecule has 0 bridgehead atoms. The molecule has 0 aliphatic carbocycles. The van der Waals surface area contributed by atoms with Crippen molar-refractivity contribution < 1.29 is 18.3 Å². The number of sulfonamides is 1. The summed E-state index contributed by atoms with van der Waals surface area (Å²) in [5.41, 5.74) is 0.253. The first-order valence-electron chi connectivity index (χ1n) is 4.95. The molecule has 7 heteroatoms. The third kappa shape index (κ3) is 3.75. The minimum absolute atomic E-state index is 0.253. The number of carboxylic acids is 1. The van der Waals surface area contributed by atoms with E-state index in [1.165, 1.54) is 30.3 Å². The molecule has 0 atom stereocenters. The summed E-state index contributed by atoms with van der Waals surface area (Å²) in [6.45, 7) is 2.70. The van der Waals surface area contributed by atoms with Gasteiger partial charge in [0.1, 0.15) is 6.54 Å². The van der Waals surface area contributed by atoms with E-state index in [4.69, 9.17) is 16.7 Å². The van der Waals surface area contributed by atoms with Gasteiger partial charge in [-0.2, -0.15) is 0 Å². The number of hydrogen-bond acceptors (Lipinski definition) is 3. The highest BCUT2D eigenvalue weighted by molar-refractivity contribution is 7.92. The summed E-state index contributed by atoms with van der Waals surface area (Å²) in [5.74, 6) is -1.57. The van der Waals surface area contributed by atoms with Crippen LogP contribution in [0.1, 0.15) is 0 Å². The van der Waals surface area contributed by atoms with Crippen LogP contribution in [0.2, 0.25) is 5.02 Å². The quantitative estimate of drug-likeness (QED) is 0.810. The number of carboxylic acid groups (broad SMARTS) is 1. The molecule has 0 fully saturated rings. The highest BCUT2D eigenvalue weighted by atomic mass is 35.5. The fourth-order valence-corrected chi connectivity index (χ4v) is 2.67. The fraction of sp³-hybridized carbons (Fsp3) is 0.182. The van der Waals surface area contributed by atoms with Crippen LogP contribution in [0, 0.1) is 0 Å². The van der Waals surface area contributed by atoms with Crippen LogP contribution >= 0.6 is 11.6 Å². The van der Waals surface area contributed by atoms with Crippen LogP contribution in [0.25, 0.3) is 0 Å². The third-order valence-electron chi connectivity index (χ3n) is 2.06. The van der Waals surface area contributed by atoms with Crippen LogP contribution in [0.4, 0.5) is 5.69 Å². The number of rotatable bonds is 6. The molecule has 0 amide bonds. The van der Waals surface area contributed by atoms with Gasteiger partial charge >= 0.3 is 5.97 Å². The van der Waals surface area contributed by atoms with E-state index in [2.05, 4.69) is 6.58 Å². The molecular formula is C11H12ClNO4S. The van der Waals surface area contributed by atoms with Crippen LogP contribution in [0.5, 0.6) is 0 Å². The van der Waals surface area contributed by atoms with Gasteiger partial charge in [0.25, 0.3) is 0 Å². The molecule has 0 unspecified atom stereocenters. The molecule has 0 saturated carbocycles. The van der Waals surface area contributed by atoms with Crippen molar-refractivity contribution in [3.05, 3.63) is 41.9 Å². The largest absolute Gasteiger partial charge is 0.480 e. The summed E-state index contributed by atoms with van der Waals surface area (Å²) in [5, 5.41) is 9.21. The van der Waals surface area contributed by atoms with Crippen molar-refractivity contribution in [2.45, 2.75) is 0 Å². The molecule has 0 aromatic heterocycles. The summed E-state index contributed by atoms with van der Waals surface area (Å²) < 4.78 is 24.6. The average molecular weight is 290 g/mol. The van der Waals surface area contributed by atoms with E-state index in [0.29, 0.717) is 5.02 Å². The predicted octanol–water partition coefficient (Wildman–Crippen LogP) is 1.75. The van der Waals surface area contributed by atoms with Crippen molar-refractivity contribution in [3.63, 3.8) is 0 Å². The Balaban J connectivity index is 3.17. The van der Waals surface area contributed by atoms with E-state index >= 15 is 0 Å². The van der Waals surface area contributed by atoms with E-state index in [9.17, 15) is 13.2 Å². The number of anilines is 1. The zero-order valence-electron chi connectivity index (χ0n) is 9.41. The van der Waals surface area contributed by atoms with Crippen LogP contribution in [-0.2, 0) is 14.8 Å². The second-order valence-electron chi connectivity index (χ2n) is 3.44. The summed E-state index contributed by atoms with van der Waals surface area (Å²) in [6.07, 6.45) is 1.21. The van der Waals surface area contributed by atoms with Crippen LogP contribution in [-0.4, -0.2) is 31.8 Å². The molecule has 1 rings (SSSR count). The molecular weight excluding hydrogens is 278 g/mol. The van der Waals surface area contributed by atoms with E-state index in [0.717, 1.165) is 4.31 Å². The van der Waals surface area contributed by atoms with Gasteiger partial charge in [-0.05, 0) is 24.3 Å². The Hall–Kier alpha value is -1.53. The summed E-state index contributed by atoms with van der Waals surface area (Å²) in [4.78, 5) is 10.7. The van der Waals surface area contributed by atoms with E-state index in [1.807, 2.05) is 0 Å². The minimum Gasteiger partial charge on any atom is -0.480 e. The Morgan fingerprint density at radius 2 is 1.94 bits per heavy atom. The lowest BCUT2D eigenvalue weighted by Gasteiger charge is -2.21. The Morgan fingerprint density at radius 1 is 1.39 bits per heavy atom. The van der Waals surface area contributed by atoms with Gasteiger partial charge in [-0.3, -0.25) is 9.10 Å². The molecule has 98 valence electrons. The molecule has 0 spiro atoms. The van der Waals surface area contributed by atoms with E-state index in [-0.39, 0.29) is 11.4 Å². The first kappa shape index (κ1) is 14.5. The smallest absolute Gasteiger partial charge is 0.324 e. The van der Waals surface area contributed by atoms with Gasteiger partial charge in [0.15, 0.2) is 0 Å². The Bertz CT molecular complexity index is 539. The van der Waals surface area contributed by atoms with Crippen LogP contribution in [0.15, 0.2) is 36.9 Å². The van der Waals surface area contributed by atoms with Gasteiger partial charge in [0.2, 0.25) is 10.0 Å². The van der Waals surface area contributed by atoms with Crippen molar-refractivity contribution in [3.8, 4) is 0 Å². The number of halogens is 1. The zero-order chi connectivity index (χ0) is 13.8. The topological polar surface area (TPSA) is 74.7 Å². The molecule has 1 aromatic rings. The van der Waals surface area contributed by atoms with Crippen molar-refractivity contribution >= 4 is 33.3 Å². The van der Waals surface area contributed by atoms with Crippen LogP contribution in [0.3, 0.4) is 0 Å². The van der Waals surface area contributed by atoms with Crippen LogP contribution < -0.4 is 4.31 Å². The lowest BCUT2D eigenvalue weighted by atomic mass is 10.3. The molecule has 1 N–H and O–H groups in total. The first-order valence-corrected chi connectivity index (χ1v) is 6.94. The van der Waals surface area contributed by atoms with Crippen molar-refractivity contribution in [2.24, 2.45) is 0 Å². The van der Waals surface area contributed by atoms with Crippen molar-refractivity contribution in [1.82, 2.24) is 0 Å². The van der Waals surface area contributed by atoms with E-state index < -0.39 is 22.5 Å². The Kier molecular flexibility index (Phi) is 4.75. The normalized spacial score (nSPS) is 10.9. The van der Waals surface area contributed by atoms with Crippen molar-refractivity contribution in [2.75, 3.05) is 16.6 Å². The first-order chi connectivity index (χ1) is 8.36. The maximum Gasteiger partial charge on any atom is 0.324 e. The second kappa shape index (κ2) is 5.88. The van der Waals surface area contributed by atoms with Gasteiger partial charge < -0.3 is 5.11 Å². The average Bonchev–Trinajstić information content (AvgIpc) is 2.27. The van der Waals surface area contributed by atoms with Gasteiger partial charge in [0, 0.05) is 5.02 Å². The van der Waals surface area contributed by atoms with Gasteiger partial charge in [-0.1, -0.05) is 17.7 Å². The molecule has 0 aliphatic rings. The molecule has 0 saturated heterocycles. The third-order valence-corrected chi connectivity index (χ3v) is 3.98. The fourth-order valence-electron chi connectivity index (χ4n) is 1.32. The molecule has 0 radical (unpaired) electrons. The number of carbonyl (C=O) groups is 1. The lowest BCUT2D eigenvalue weighted by molar-refractivity contribution is -0.135. The van der Waals surface area contributed by atoms with Crippen molar-refractivity contribution in [1.29, 1.82) is 0 Å². The number of nitrogens with zero attached hydrogens (tertiary/aromatic N) is 1. The standard InChI is InChI=1S/C11H12ClNO4S/c1-2-7-18(16,17)13(8-11(14)15)10-5-3-9(12)4-6-10/h2-6H,1,7-8H2,(H,14,15). The SMILES string of the molecule is C=CCS(=O)(=O)N(CC(=O)O)c1ccc(Cl)cc1. The van der Waals surface area contributed by atoms with Gasteiger partial charge in [-0.25, -0.2) is 8.42 Å². The molecule has 1 aromatic carbocycles. The molecule has 0 aliphatic heterocycles. The van der Waals surface area contributed by atoms with Gasteiger partial charge in [-0.15, -0.1) is 6.58 Å². The highest BCUT2D eigenvalue weighted by Crippen LogP contribution is 2.21. The Labute approximate surface area is 110 Å².